The second-order valence-electron chi connectivity index (χ2n) is 4.73. The summed E-state index contributed by atoms with van der Waals surface area (Å²) in [7, 11) is 0. The van der Waals surface area contributed by atoms with Crippen LogP contribution in [0.1, 0.15) is 31.0 Å². The van der Waals surface area contributed by atoms with Crippen molar-refractivity contribution in [2.45, 2.75) is 26.7 Å². The third-order valence-electron chi connectivity index (χ3n) is 2.86. The Hall–Kier alpha value is -1.68. The van der Waals surface area contributed by atoms with Crippen molar-refractivity contribution in [3.05, 3.63) is 50.7 Å². The van der Waals surface area contributed by atoms with Gasteiger partial charge in [0.05, 0.1) is 0 Å². The molecule has 0 fully saturated rings. The fourth-order valence-electron chi connectivity index (χ4n) is 2.10. The molecule has 0 bridgehead atoms. The maximum atomic E-state index is 13.3. The Balaban J connectivity index is 2.62. The van der Waals surface area contributed by atoms with E-state index in [4.69, 9.17) is 11.6 Å². The summed E-state index contributed by atoms with van der Waals surface area (Å²) >= 11 is 5.80. The molecule has 2 rings (SSSR count). The Morgan fingerprint density at radius 2 is 2.00 bits per heavy atom. The van der Waals surface area contributed by atoms with E-state index in [9.17, 15) is 9.18 Å². The zero-order chi connectivity index (χ0) is 14.2. The zero-order valence-corrected chi connectivity index (χ0v) is 11.7. The summed E-state index contributed by atoms with van der Waals surface area (Å²) < 4.78 is 13.3. The van der Waals surface area contributed by atoms with E-state index in [1.54, 1.807) is 13.0 Å². The first-order valence-corrected chi connectivity index (χ1v) is 6.33. The molecule has 0 amide bonds. The molecule has 5 heteroatoms. The van der Waals surface area contributed by atoms with Gasteiger partial charge in [0, 0.05) is 21.8 Å². The van der Waals surface area contributed by atoms with Crippen molar-refractivity contribution in [3.63, 3.8) is 0 Å². The average molecular weight is 281 g/mol. The first kappa shape index (κ1) is 13.7. The summed E-state index contributed by atoms with van der Waals surface area (Å²) in [5, 5.41) is 0.267. The molecule has 0 radical (unpaired) electrons. The van der Waals surface area contributed by atoms with Crippen LogP contribution in [0.15, 0.2) is 23.0 Å². The van der Waals surface area contributed by atoms with E-state index in [2.05, 4.69) is 9.97 Å². The van der Waals surface area contributed by atoms with E-state index in [1.807, 2.05) is 13.8 Å². The van der Waals surface area contributed by atoms with E-state index in [1.165, 1.54) is 12.1 Å². The van der Waals surface area contributed by atoms with E-state index < -0.39 is 5.82 Å². The van der Waals surface area contributed by atoms with Crippen molar-refractivity contribution in [1.82, 2.24) is 9.97 Å². The number of aromatic amines is 1. The topological polar surface area (TPSA) is 45.8 Å². The van der Waals surface area contributed by atoms with Crippen molar-refractivity contribution in [2.75, 3.05) is 0 Å². The predicted octanol–water partition coefficient (Wildman–Crippen LogP) is 3.66. The minimum atomic E-state index is -0.462. The predicted molar refractivity (Wildman–Crippen MR) is 74.1 cm³/mol. The first-order valence-electron chi connectivity index (χ1n) is 5.95. The lowest BCUT2D eigenvalue weighted by Crippen LogP contribution is -2.18. The zero-order valence-electron chi connectivity index (χ0n) is 10.9. The fraction of sp³-hybridized carbons (Fsp3) is 0.286. The average Bonchev–Trinajstić information content (AvgIpc) is 2.25. The van der Waals surface area contributed by atoms with Gasteiger partial charge in [0.25, 0.3) is 5.56 Å². The number of aryl methyl sites for hydroxylation is 1. The second kappa shape index (κ2) is 5.13. The lowest BCUT2D eigenvalue weighted by atomic mass is 10.0. The lowest BCUT2D eigenvalue weighted by Gasteiger charge is -2.10. The number of nitrogens with zero attached hydrogens (tertiary/aromatic N) is 1. The van der Waals surface area contributed by atoms with Crippen LogP contribution in [-0.4, -0.2) is 9.97 Å². The monoisotopic (exact) mass is 280 g/mol. The van der Waals surface area contributed by atoms with Gasteiger partial charge >= 0.3 is 0 Å². The van der Waals surface area contributed by atoms with Crippen LogP contribution in [0.25, 0.3) is 11.4 Å². The van der Waals surface area contributed by atoms with Crippen LogP contribution in [0, 0.1) is 12.7 Å². The van der Waals surface area contributed by atoms with Gasteiger partial charge in [-0.15, -0.1) is 0 Å². The second-order valence-corrected chi connectivity index (χ2v) is 5.16. The smallest absolute Gasteiger partial charge is 0.254 e. The van der Waals surface area contributed by atoms with Crippen LogP contribution in [0.2, 0.25) is 5.02 Å². The molecule has 0 saturated heterocycles. The molecular weight excluding hydrogens is 267 g/mol. The molecule has 1 aromatic carbocycles. The Labute approximate surface area is 115 Å². The maximum absolute atomic E-state index is 13.3. The maximum Gasteiger partial charge on any atom is 0.254 e. The molecule has 2 aromatic rings. The highest BCUT2D eigenvalue weighted by Gasteiger charge is 2.13. The molecule has 1 N–H and O–H groups in total. The van der Waals surface area contributed by atoms with E-state index in [-0.39, 0.29) is 16.5 Å². The third-order valence-corrected chi connectivity index (χ3v) is 3.08. The van der Waals surface area contributed by atoms with Crippen molar-refractivity contribution in [2.24, 2.45) is 0 Å². The number of hydrogen-bond acceptors (Lipinski definition) is 2. The largest absolute Gasteiger partial charge is 0.306 e. The van der Waals surface area contributed by atoms with Crippen molar-refractivity contribution in [3.8, 4) is 11.4 Å². The van der Waals surface area contributed by atoms with Gasteiger partial charge in [-0.25, -0.2) is 9.37 Å². The minimum Gasteiger partial charge on any atom is -0.306 e. The highest BCUT2D eigenvalue weighted by Crippen LogP contribution is 2.22. The number of H-pyrrole nitrogens is 1. The Morgan fingerprint density at radius 1 is 1.32 bits per heavy atom. The standard InChI is InChI=1S/C14H14ClFN2O/c1-7(2)12-8(3)17-13(18-14(12)19)9-4-10(15)6-11(16)5-9/h4-7H,1-3H3,(H,17,18,19). The first-order chi connectivity index (χ1) is 8.88. The summed E-state index contributed by atoms with van der Waals surface area (Å²) in [6.45, 7) is 5.63. The van der Waals surface area contributed by atoms with E-state index >= 15 is 0 Å². The highest BCUT2D eigenvalue weighted by molar-refractivity contribution is 6.30. The van der Waals surface area contributed by atoms with Crippen LogP contribution in [0.5, 0.6) is 0 Å². The summed E-state index contributed by atoms with van der Waals surface area (Å²) in [5.41, 5.74) is 1.55. The van der Waals surface area contributed by atoms with Gasteiger partial charge in [-0.1, -0.05) is 25.4 Å². The molecule has 1 aromatic heterocycles. The van der Waals surface area contributed by atoms with Crippen molar-refractivity contribution < 1.29 is 4.39 Å². The number of benzene rings is 1. The van der Waals surface area contributed by atoms with E-state index in [0.717, 1.165) is 0 Å². The number of halogens is 2. The SMILES string of the molecule is Cc1nc(-c2cc(F)cc(Cl)c2)[nH]c(=O)c1C(C)C. The molecule has 1 heterocycles. The van der Waals surface area contributed by atoms with E-state index in [0.29, 0.717) is 22.6 Å². The summed E-state index contributed by atoms with van der Waals surface area (Å²) in [4.78, 5) is 19.0. The van der Waals surface area contributed by atoms with Gasteiger partial charge in [-0.05, 0) is 31.0 Å². The van der Waals surface area contributed by atoms with Gasteiger partial charge < -0.3 is 4.98 Å². The van der Waals surface area contributed by atoms with Crippen molar-refractivity contribution in [1.29, 1.82) is 0 Å². The Kier molecular flexibility index (Phi) is 3.71. The third kappa shape index (κ3) is 2.84. The van der Waals surface area contributed by atoms with Gasteiger partial charge in [0.2, 0.25) is 0 Å². The van der Waals surface area contributed by atoms with Gasteiger partial charge in [-0.3, -0.25) is 4.79 Å². The van der Waals surface area contributed by atoms with Gasteiger partial charge in [0.1, 0.15) is 11.6 Å². The molecule has 3 nitrogen and oxygen atoms in total. The molecule has 19 heavy (non-hydrogen) atoms. The molecule has 0 unspecified atom stereocenters. The molecule has 0 aliphatic rings. The van der Waals surface area contributed by atoms with Crippen LogP contribution in [-0.2, 0) is 0 Å². The Bertz CT molecular complexity index is 659. The summed E-state index contributed by atoms with van der Waals surface area (Å²) in [5.74, 6) is -0.0505. The number of nitrogens with one attached hydrogen (secondary N) is 1. The molecule has 0 spiro atoms. The molecule has 0 atom stereocenters. The highest BCUT2D eigenvalue weighted by atomic mass is 35.5. The Morgan fingerprint density at radius 3 is 2.53 bits per heavy atom. The number of aromatic nitrogens is 2. The lowest BCUT2D eigenvalue weighted by molar-refractivity contribution is 0.628. The minimum absolute atomic E-state index is 0.0846. The van der Waals surface area contributed by atoms with Crippen LogP contribution in [0.4, 0.5) is 4.39 Å². The van der Waals surface area contributed by atoms with Gasteiger partial charge in [-0.2, -0.15) is 0 Å². The quantitative estimate of drug-likeness (QED) is 0.912. The summed E-state index contributed by atoms with van der Waals surface area (Å²) in [6, 6.07) is 4.06. The van der Waals surface area contributed by atoms with Gasteiger partial charge in [0.15, 0.2) is 0 Å². The number of hydrogen-bond donors (Lipinski definition) is 1. The fourth-order valence-corrected chi connectivity index (χ4v) is 2.32. The van der Waals surface area contributed by atoms with Crippen LogP contribution >= 0.6 is 11.6 Å². The molecular formula is C14H14ClFN2O. The molecule has 0 saturated carbocycles. The normalized spacial score (nSPS) is 11.1. The molecule has 100 valence electrons. The summed E-state index contributed by atoms with van der Waals surface area (Å²) in [6.07, 6.45) is 0. The van der Waals surface area contributed by atoms with Crippen molar-refractivity contribution >= 4 is 11.6 Å². The van der Waals surface area contributed by atoms with Crippen LogP contribution < -0.4 is 5.56 Å². The number of rotatable bonds is 2. The molecule has 0 aliphatic carbocycles. The molecule has 0 aliphatic heterocycles. The van der Waals surface area contributed by atoms with Crippen LogP contribution in [0.3, 0.4) is 0 Å².